The Morgan fingerprint density at radius 1 is 0.850 bits per heavy atom. The first-order chi connectivity index (χ1) is 9.81. The van der Waals surface area contributed by atoms with E-state index >= 15 is 0 Å². The number of para-hydroxylation sites is 1. The molecule has 20 heavy (non-hydrogen) atoms. The summed E-state index contributed by atoms with van der Waals surface area (Å²) in [4.78, 5) is 3.38. The van der Waals surface area contributed by atoms with E-state index in [0.29, 0.717) is 5.75 Å². The Bertz CT molecular complexity index is 893. The van der Waals surface area contributed by atoms with Crippen molar-refractivity contribution in [3.05, 3.63) is 60.7 Å². The van der Waals surface area contributed by atoms with E-state index < -0.39 is 0 Å². The van der Waals surface area contributed by atoms with Crippen LogP contribution >= 0.6 is 11.3 Å². The van der Waals surface area contributed by atoms with Crippen LogP contribution in [0.4, 0.5) is 0 Å². The van der Waals surface area contributed by atoms with E-state index in [1.807, 2.05) is 48.5 Å². The van der Waals surface area contributed by atoms with Crippen LogP contribution in [0.25, 0.3) is 31.6 Å². The van der Waals surface area contributed by atoms with Gasteiger partial charge in [0.15, 0.2) is 0 Å². The van der Waals surface area contributed by atoms with Crippen molar-refractivity contribution in [1.29, 1.82) is 0 Å². The van der Waals surface area contributed by atoms with E-state index in [9.17, 15) is 5.11 Å². The van der Waals surface area contributed by atoms with Gasteiger partial charge in [-0.3, -0.25) is 0 Å². The monoisotopic (exact) mass is 278 g/mol. The van der Waals surface area contributed by atoms with E-state index in [4.69, 9.17) is 0 Å². The molecule has 0 unspecified atom stereocenters. The molecule has 0 saturated carbocycles. The second-order valence-electron chi connectivity index (χ2n) is 4.77. The average Bonchev–Trinajstić information content (AvgIpc) is 2.90. The molecular formula is C17H12NOS+. The number of nitrogens with one attached hydrogen (secondary N) is 1. The van der Waals surface area contributed by atoms with Gasteiger partial charge in [0.1, 0.15) is 10.4 Å². The van der Waals surface area contributed by atoms with Crippen molar-refractivity contribution in [3.8, 4) is 16.3 Å². The third-order valence-corrected chi connectivity index (χ3v) is 4.56. The molecule has 0 atom stereocenters. The lowest BCUT2D eigenvalue weighted by Crippen LogP contribution is -2.00. The normalized spacial score (nSPS) is 11.2. The van der Waals surface area contributed by atoms with E-state index in [1.165, 1.54) is 4.70 Å². The summed E-state index contributed by atoms with van der Waals surface area (Å²) in [6.45, 7) is 0. The molecule has 2 nitrogen and oxygen atoms in total. The summed E-state index contributed by atoms with van der Waals surface area (Å²) in [7, 11) is 0. The quantitative estimate of drug-likeness (QED) is 0.555. The van der Waals surface area contributed by atoms with Gasteiger partial charge in [0.05, 0.1) is 5.56 Å². The molecule has 0 radical (unpaired) electrons. The molecule has 0 fully saturated rings. The highest BCUT2D eigenvalue weighted by Gasteiger charge is 2.17. The fourth-order valence-electron chi connectivity index (χ4n) is 2.45. The van der Waals surface area contributed by atoms with Crippen LogP contribution in [-0.2, 0) is 0 Å². The molecule has 2 N–H and O–H groups in total. The van der Waals surface area contributed by atoms with Crippen LogP contribution in [0.15, 0.2) is 60.7 Å². The summed E-state index contributed by atoms with van der Waals surface area (Å²) in [5, 5.41) is 13.4. The Morgan fingerprint density at radius 3 is 2.35 bits per heavy atom. The maximum absolute atomic E-state index is 10.3. The third kappa shape index (κ3) is 1.75. The maximum Gasteiger partial charge on any atom is 0.272 e. The summed E-state index contributed by atoms with van der Waals surface area (Å²) in [6.07, 6.45) is 0. The number of aromatic nitrogens is 1. The Morgan fingerprint density at radius 2 is 1.55 bits per heavy atom. The van der Waals surface area contributed by atoms with Gasteiger partial charge in [-0.2, -0.15) is 4.98 Å². The number of H-pyrrole nitrogens is 1. The smallest absolute Gasteiger partial charge is 0.272 e. The number of hydrogen-bond acceptors (Lipinski definition) is 2. The van der Waals surface area contributed by atoms with E-state index in [0.717, 1.165) is 26.9 Å². The number of benzene rings is 3. The number of aromatic amines is 1. The molecule has 0 saturated heterocycles. The lowest BCUT2D eigenvalue weighted by molar-refractivity contribution is -0.325. The molecule has 1 heterocycles. The summed E-state index contributed by atoms with van der Waals surface area (Å²) in [5.74, 6) is 0.312. The van der Waals surface area contributed by atoms with Crippen LogP contribution < -0.4 is 4.98 Å². The number of phenols is 1. The Labute approximate surface area is 120 Å². The van der Waals surface area contributed by atoms with Crippen molar-refractivity contribution in [2.24, 2.45) is 0 Å². The van der Waals surface area contributed by atoms with Crippen molar-refractivity contribution in [2.45, 2.75) is 0 Å². The zero-order chi connectivity index (χ0) is 13.5. The number of aromatic hydroxyl groups is 1. The first kappa shape index (κ1) is 11.4. The van der Waals surface area contributed by atoms with Crippen LogP contribution in [0.2, 0.25) is 0 Å². The van der Waals surface area contributed by atoms with Crippen LogP contribution in [0, 0.1) is 0 Å². The maximum atomic E-state index is 10.3. The molecule has 4 rings (SSSR count). The van der Waals surface area contributed by atoms with Gasteiger partial charge in [0.2, 0.25) is 5.52 Å². The molecule has 0 aliphatic rings. The average molecular weight is 278 g/mol. The van der Waals surface area contributed by atoms with Gasteiger partial charge in [-0.05, 0) is 29.0 Å². The standard InChI is InChI=1S/C17H11NOS/c19-15-10-12-6-2-1-5-11(12)9-13(15)17-18-14-7-3-4-8-16(14)20-17/h1-10,19H/p+1. The number of phenolic OH excluding ortho intramolecular Hbond substituents is 1. The lowest BCUT2D eigenvalue weighted by Gasteiger charge is -2.01. The van der Waals surface area contributed by atoms with Crippen molar-refractivity contribution in [3.63, 3.8) is 0 Å². The van der Waals surface area contributed by atoms with Gasteiger partial charge in [0, 0.05) is 6.07 Å². The molecule has 0 aliphatic heterocycles. The molecule has 0 amide bonds. The topological polar surface area (TPSA) is 34.4 Å². The predicted octanol–water partition coefficient (Wildman–Crippen LogP) is 4.24. The molecule has 3 aromatic carbocycles. The molecular weight excluding hydrogens is 266 g/mol. The summed E-state index contributed by atoms with van der Waals surface area (Å²) >= 11 is 1.66. The second-order valence-corrected chi connectivity index (χ2v) is 5.82. The van der Waals surface area contributed by atoms with E-state index in [1.54, 1.807) is 11.3 Å². The highest BCUT2D eigenvalue weighted by Crippen LogP contribution is 2.35. The van der Waals surface area contributed by atoms with Crippen LogP contribution in [-0.4, -0.2) is 5.11 Å². The second kappa shape index (κ2) is 4.32. The van der Waals surface area contributed by atoms with Crippen molar-refractivity contribution in [1.82, 2.24) is 0 Å². The molecule has 0 aliphatic carbocycles. The zero-order valence-corrected chi connectivity index (χ0v) is 11.4. The first-order valence-electron chi connectivity index (χ1n) is 6.44. The van der Waals surface area contributed by atoms with Gasteiger partial charge in [-0.25, -0.2) is 0 Å². The number of fused-ring (bicyclic) bond motifs is 2. The fraction of sp³-hybridized carbons (Fsp3) is 0. The summed E-state index contributed by atoms with van der Waals surface area (Å²) < 4.78 is 1.19. The Balaban J connectivity index is 1.98. The largest absolute Gasteiger partial charge is 0.507 e. The first-order valence-corrected chi connectivity index (χ1v) is 7.26. The van der Waals surface area contributed by atoms with Gasteiger partial charge in [-0.15, -0.1) is 0 Å². The minimum atomic E-state index is 0.312. The number of thiazole rings is 1. The summed E-state index contributed by atoms with van der Waals surface area (Å²) in [6, 6.07) is 20.1. The highest BCUT2D eigenvalue weighted by molar-refractivity contribution is 7.21. The van der Waals surface area contributed by atoms with Gasteiger partial charge in [-0.1, -0.05) is 47.7 Å². The molecule has 0 bridgehead atoms. The number of hydrogen-bond donors (Lipinski definition) is 1. The number of rotatable bonds is 1. The zero-order valence-electron chi connectivity index (χ0n) is 10.6. The molecule has 4 aromatic rings. The third-order valence-electron chi connectivity index (χ3n) is 3.46. The summed E-state index contributed by atoms with van der Waals surface area (Å²) in [5.41, 5.74) is 1.95. The fourth-order valence-corrected chi connectivity index (χ4v) is 3.48. The van der Waals surface area contributed by atoms with Crippen LogP contribution in [0.1, 0.15) is 0 Å². The van der Waals surface area contributed by atoms with E-state index in [2.05, 4.69) is 17.1 Å². The Kier molecular flexibility index (Phi) is 2.47. The predicted molar refractivity (Wildman–Crippen MR) is 83.0 cm³/mol. The lowest BCUT2D eigenvalue weighted by atomic mass is 10.1. The van der Waals surface area contributed by atoms with Crippen molar-refractivity contribution >= 4 is 32.3 Å². The molecule has 0 spiro atoms. The molecule has 3 heteroatoms. The minimum Gasteiger partial charge on any atom is -0.507 e. The minimum absolute atomic E-state index is 0.312. The van der Waals surface area contributed by atoms with Crippen molar-refractivity contribution < 1.29 is 10.1 Å². The molecule has 1 aromatic heterocycles. The SMILES string of the molecule is Oc1cc2ccccc2cc1-c1[nH+]c2ccccc2s1. The van der Waals surface area contributed by atoms with Gasteiger partial charge < -0.3 is 5.11 Å². The Hall–Kier alpha value is -2.39. The van der Waals surface area contributed by atoms with Gasteiger partial charge in [0.25, 0.3) is 5.01 Å². The van der Waals surface area contributed by atoms with Crippen molar-refractivity contribution in [2.75, 3.05) is 0 Å². The van der Waals surface area contributed by atoms with Crippen LogP contribution in [0.3, 0.4) is 0 Å². The molecule has 96 valence electrons. The highest BCUT2D eigenvalue weighted by atomic mass is 32.1. The van der Waals surface area contributed by atoms with E-state index in [-0.39, 0.29) is 0 Å². The van der Waals surface area contributed by atoms with Gasteiger partial charge >= 0.3 is 0 Å². The van der Waals surface area contributed by atoms with Crippen LogP contribution in [0.5, 0.6) is 5.75 Å².